The average Bonchev–Trinajstić information content (AvgIpc) is 2.34. The average molecular weight is 250 g/mol. The van der Waals surface area contributed by atoms with E-state index in [1.54, 1.807) is 0 Å². The SMILES string of the molecule is Cc1ccc(OC2(C(=O)O)CCOCC2)c(C)c1. The van der Waals surface area contributed by atoms with Crippen LogP contribution in [0.4, 0.5) is 0 Å². The first-order chi connectivity index (χ1) is 8.53. The van der Waals surface area contributed by atoms with Crippen LogP contribution in [-0.2, 0) is 9.53 Å². The predicted octanol–water partition coefficient (Wildman–Crippen LogP) is 2.32. The van der Waals surface area contributed by atoms with Crippen molar-refractivity contribution in [3.8, 4) is 5.75 Å². The number of hydrogen-bond donors (Lipinski definition) is 1. The first-order valence-corrected chi connectivity index (χ1v) is 6.11. The van der Waals surface area contributed by atoms with Crippen LogP contribution in [0.1, 0.15) is 24.0 Å². The number of carboxylic acids is 1. The normalized spacial score (nSPS) is 18.3. The van der Waals surface area contributed by atoms with E-state index in [0.717, 1.165) is 11.1 Å². The smallest absolute Gasteiger partial charge is 0.348 e. The lowest BCUT2D eigenvalue weighted by atomic mass is 9.94. The summed E-state index contributed by atoms with van der Waals surface area (Å²) in [6.07, 6.45) is 0.769. The molecule has 1 aromatic rings. The van der Waals surface area contributed by atoms with Gasteiger partial charge in [-0.2, -0.15) is 0 Å². The first-order valence-electron chi connectivity index (χ1n) is 6.11. The van der Waals surface area contributed by atoms with E-state index < -0.39 is 11.6 Å². The number of benzene rings is 1. The van der Waals surface area contributed by atoms with Crippen molar-refractivity contribution < 1.29 is 19.4 Å². The molecule has 0 atom stereocenters. The molecule has 0 saturated carbocycles. The second kappa shape index (κ2) is 4.98. The van der Waals surface area contributed by atoms with Crippen LogP contribution >= 0.6 is 0 Å². The van der Waals surface area contributed by atoms with E-state index in [1.807, 2.05) is 32.0 Å². The van der Waals surface area contributed by atoms with Gasteiger partial charge in [-0.25, -0.2) is 4.79 Å². The van der Waals surface area contributed by atoms with E-state index >= 15 is 0 Å². The molecule has 0 aliphatic carbocycles. The molecule has 0 spiro atoms. The maximum atomic E-state index is 11.5. The highest BCUT2D eigenvalue weighted by Crippen LogP contribution is 2.30. The van der Waals surface area contributed by atoms with Crippen molar-refractivity contribution in [2.75, 3.05) is 13.2 Å². The van der Waals surface area contributed by atoms with Gasteiger partial charge in [0.1, 0.15) is 5.75 Å². The van der Waals surface area contributed by atoms with E-state index in [2.05, 4.69) is 0 Å². The Labute approximate surface area is 107 Å². The molecule has 1 aliphatic rings. The van der Waals surface area contributed by atoms with Crippen molar-refractivity contribution in [1.29, 1.82) is 0 Å². The van der Waals surface area contributed by atoms with Crippen LogP contribution in [0.15, 0.2) is 18.2 Å². The molecule has 0 unspecified atom stereocenters. The minimum Gasteiger partial charge on any atom is -0.478 e. The van der Waals surface area contributed by atoms with E-state index in [9.17, 15) is 9.90 Å². The summed E-state index contributed by atoms with van der Waals surface area (Å²) in [5.74, 6) is -0.268. The zero-order valence-corrected chi connectivity index (χ0v) is 10.7. The molecule has 2 rings (SSSR count). The fraction of sp³-hybridized carbons (Fsp3) is 0.500. The molecule has 1 aromatic carbocycles. The number of ether oxygens (including phenoxy) is 2. The van der Waals surface area contributed by atoms with Gasteiger partial charge in [0.15, 0.2) is 0 Å². The number of aliphatic carboxylic acids is 1. The van der Waals surface area contributed by atoms with Crippen molar-refractivity contribution in [1.82, 2.24) is 0 Å². The Bertz CT molecular complexity index is 447. The summed E-state index contributed by atoms with van der Waals surface area (Å²) in [4.78, 5) is 11.5. The summed E-state index contributed by atoms with van der Waals surface area (Å²) in [6, 6.07) is 5.76. The van der Waals surface area contributed by atoms with Crippen LogP contribution in [0, 0.1) is 13.8 Å². The molecule has 1 saturated heterocycles. The molecular weight excluding hydrogens is 232 g/mol. The summed E-state index contributed by atoms with van der Waals surface area (Å²) in [5, 5.41) is 9.41. The largest absolute Gasteiger partial charge is 0.478 e. The molecule has 0 amide bonds. The van der Waals surface area contributed by atoms with Gasteiger partial charge in [0, 0.05) is 12.8 Å². The highest BCUT2D eigenvalue weighted by Gasteiger charge is 2.43. The van der Waals surface area contributed by atoms with E-state index in [0.29, 0.717) is 31.8 Å². The Hall–Kier alpha value is -1.55. The van der Waals surface area contributed by atoms with Crippen LogP contribution in [0.3, 0.4) is 0 Å². The van der Waals surface area contributed by atoms with Crippen LogP contribution in [0.5, 0.6) is 5.75 Å². The Kier molecular flexibility index (Phi) is 3.57. The van der Waals surface area contributed by atoms with Crippen molar-refractivity contribution in [2.45, 2.75) is 32.3 Å². The second-order valence-electron chi connectivity index (χ2n) is 4.78. The topological polar surface area (TPSA) is 55.8 Å². The summed E-state index contributed by atoms with van der Waals surface area (Å²) >= 11 is 0. The lowest BCUT2D eigenvalue weighted by Crippen LogP contribution is -2.49. The summed E-state index contributed by atoms with van der Waals surface area (Å²) in [7, 11) is 0. The van der Waals surface area contributed by atoms with E-state index in [-0.39, 0.29) is 0 Å². The number of rotatable bonds is 3. The predicted molar refractivity (Wildman–Crippen MR) is 67.0 cm³/mol. The highest BCUT2D eigenvalue weighted by molar-refractivity contribution is 5.78. The molecule has 0 bridgehead atoms. The third-order valence-corrected chi connectivity index (χ3v) is 3.33. The molecular formula is C14H18O4. The monoisotopic (exact) mass is 250 g/mol. The van der Waals surface area contributed by atoms with Gasteiger partial charge in [0.05, 0.1) is 13.2 Å². The minimum atomic E-state index is -1.14. The summed E-state index contributed by atoms with van der Waals surface area (Å²) < 4.78 is 11.0. The second-order valence-corrected chi connectivity index (χ2v) is 4.78. The standard InChI is InChI=1S/C14H18O4/c1-10-3-4-12(11(2)9-10)18-14(13(15)16)5-7-17-8-6-14/h3-4,9H,5-8H2,1-2H3,(H,15,16). The summed E-state index contributed by atoms with van der Waals surface area (Å²) in [6.45, 7) is 4.78. The Morgan fingerprint density at radius 3 is 2.56 bits per heavy atom. The maximum absolute atomic E-state index is 11.5. The van der Waals surface area contributed by atoms with Crippen molar-refractivity contribution >= 4 is 5.97 Å². The number of aryl methyl sites for hydroxylation is 2. The van der Waals surface area contributed by atoms with Gasteiger partial charge in [-0.05, 0) is 25.5 Å². The molecule has 1 N–H and O–H groups in total. The van der Waals surface area contributed by atoms with Gasteiger partial charge in [0.2, 0.25) is 5.60 Å². The fourth-order valence-corrected chi connectivity index (χ4v) is 2.19. The van der Waals surface area contributed by atoms with Gasteiger partial charge in [-0.1, -0.05) is 17.7 Å². The molecule has 98 valence electrons. The number of carbonyl (C=O) groups is 1. The van der Waals surface area contributed by atoms with Crippen molar-refractivity contribution in [2.24, 2.45) is 0 Å². The van der Waals surface area contributed by atoms with Crippen LogP contribution in [0.25, 0.3) is 0 Å². The van der Waals surface area contributed by atoms with Gasteiger partial charge >= 0.3 is 5.97 Å². The van der Waals surface area contributed by atoms with Gasteiger partial charge in [-0.15, -0.1) is 0 Å². The van der Waals surface area contributed by atoms with E-state index in [1.165, 1.54) is 0 Å². The highest BCUT2D eigenvalue weighted by atomic mass is 16.5. The lowest BCUT2D eigenvalue weighted by Gasteiger charge is -2.34. The van der Waals surface area contributed by atoms with Gasteiger partial charge < -0.3 is 14.6 Å². The Morgan fingerprint density at radius 2 is 2.00 bits per heavy atom. The lowest BCUT2D eigenvalue weighted by molar-refractivity contribution is -0.163. The van der Waals surface area contributed by atoms with E-state index in [4.69, 9.17) is 9.47 Å². The van der Waals surface area contributed by atoms with Gasteiger partial charge in [-0.3, -0.25) is 0 Å². The third kappa shape index (κ3) is 2.48. The zero-order chi connectivity index (χ0) is 13.2. The maximum Gasteiger partial charge on any atom is 0.348 e. The number of carboxylic acid groups (broad SMARTS) is 1. The molecule has 0 radical (unpaired) electrons. The van der Waals surface area contributed by atoms with Crippen LogP contribution in [0.2, 0.25) is 0 Å². The summed E-state index contributed by atoms with van der Waals surface area (Å²) in [5.41, 5.74) is 0.955. The number of hydrogen-bond acceptors (Lipinski definition) is 3. The molecule has 4 heteroatoms. The Morgan fingerprint density at radius 1 is 1.33 bits per heavy atom. The first kappa shape index (κ1) is 12.9. The van der Waals surface area contributed by atoms with Crippen LogP contribution in [-0.4, -0.2) is 29.9 Å². The van der Waals surface area contributed by atoms with Crippen molar-refractivity contribution in [3.63, 3.8) is 0 Å². The van der Waals surface area contributed by atoms with Gasteiger partial charge in [0.25, 0.3) is 0 Å². The third-order valence-electron chi connectivity index (χ3n) is 3.33. The minimum absolute atomic E-state index is 0.385. The zero-order valence-electron chi connectivity index (χ0n) is 10.7. The quantitative estimate of drug-likeness (QED) is 0.894. The fourth-order valence-electron chi connectivity index (χ4n) is 2.19. The van der Waals surface area contributed by atoms with Crippen molar-refractivity contribution in [3.05, 3.63) is 29.3 Å². The van der Waals surface area contributed by atoms with Crippen LogP contribution < -0.4 is 4.74 Å². The molecule has 4 nitrogen and oxygen atoms in total. The molecule has 1 fully saturated rings. The Balaban J connectivity index is 2.26. The molecule has 0 aromatic heterocycles. The molecule has 18 heavy (non-hydrogen) atoms. The molecule has 1 heterocycles. The molecule has 1 aliphatic heterocycles.